The molecule has 7 aromatic carbocycles. The third-order valence-corrected chi connectivity index (χ3v) is 9.81. The zero-order chi connectivity index (χ0) is 34.6. The maximum atomic E-state index is 8.04. The Morgan fingerprint density at radius 2 is 1.13 bits per heavy atom. The maximum absolute atomic E-state index is 8.04. The van der Waals surface area contributed by atoms with Crippen molar-refractivity contribution >= 4 is 49.4 Å². The number of benzene rings is 7. The van der Waals surface area contributed by atoms with Crippen molar-refractivity contribution in [2.75, 3.05) is 0 Å². The molecule has 0 atom stereocenters. The zero-order valence-electron chi connectivity index (χ0n) is 27.9. The minimum absolute atomic E-state index is 0.588. The molecule has 0 aliphatic rings. The van der Waals surface area contributed by atoms with Crippen molar-refractivity contribution in [3.63, 3.8) is 0 Å². The van der Waals surface area contributed by atoms with Crippen molar-refractivity contribution in [3.05, 3.63) is 181 Å². The highest BCUT2D eigenvalue weighted by molar-refractivity contribution is 6.21. The van der Waals surface area contributed by atoms with Crippen LogP contribution < -0.4 is 0 Å². The van der Waals surface area contributed by atoms with E-state index in [9.17, 15) is 0 Å². The van der Waals surface area contributed by atoms with Crippen LogP contribution in [0.4, 0.5) is 5.69 Å². The molecule has 3 aromatic heterocycles. The minimum atomic E-state index is 0.588. The van der Waals surface area contributed by atoms with Crippen molar-refractivity contribution in [2.24, 2.45) is 0 Å². The van der Waals surface area contributed by atoms with Crippen LogP contribution in [0, 0.1) is 6.57 Å². The molecule has 3 heterocycles. The van der Waals surface area contributed by atoms with Gasteiger partial charge in [0.2, 0.25) is 0 Å². The summed E-state index contributed by atoms with van der Waals surface area (Å²) in [7, 11) is 0. The van der Waals surface area contributed by atoms with Crippen molar-refractivity contribution < 1.29 is 4.42 Å². The molecule has 0 spiro atoms. The molecule has 10 rings (SSSR count). The molecular weight excluding hydrogens is 637 g/mol. The Morgan fingerprint density at radius 3 is 1.94 bits per heavy atom. The van der Waals surface area contributed by atoms with E-state index in [4.69, 9.17) is 21.0 Å². The fourth-order valence-electron chi connectivity index (χ4n) is 7.43. The molecule has 0 saturated heterocycles. The Morgan fingerprint density at radius 1 is 0.500 bits per heavy atom. The molecule has 0 saturated carbocycles. The van der Waals surface area contributed by atoms with E-state index in [2.05, 4.69) is 94.3 Å². The third-order valence-electron chi connectivity index (χ3n) is 9.81. The highest BCUT2D eigenvalue weighted by Crippen LogP contribution is 2.42. The molecule has 0 unspecified atom stereocenters. The van der Waals surface area contributed by atoms with Gasteiger partial charge in [-0.2, -0.15) is 0 Å². The molecule has 0 amide bonds. The lowest BCUT2D eigenvalue weighted by Crippen LogP contribution is -1.99. The summed E-state index contributed by atoms with van der Waals surface area (Å²) in [6.07, 6.45) is 0. The van der Waals surface area contributed by atoms with Gasteiger partial charge in [0, 0.05) is 43.9 Å². The van der Waals surface area contributed by atoms with Gasteiger partial charge in [0.05, 0.1) is 29.0 Å². The molecule has 5 heteroatoms. The van der Waals surface area contributed by atoms with Gasteiger partial charge in [0.25, 0.3) is 0 Å². The summed E-state index contributed by atoms with van der Waals surface area (Å²) in [4.78, 5) is 14.2. The predicted molar refractivity (Wildman–Crippen MR) is 212 cm³/mol. The Bertz CT molecular complexity index is 2970. The van der Waals surface area contributed by atoms with Crippen LogP contribution in [0.25, 0.3) is 99.3 Å². The van der Waals surface area contributed by atoms with Gasteiger partial charge in [0.15, 0.2) is 17.1 Å². The first kappa shape index (κ1) is 29.6. The smallest absolute Gasteiger partial charge is 0.194 e. The van der Waals surface area contributed by atoms with Crippen molar-refractivity contribution in [3.8, 4) is 50.7 Å². The Labute approximate surface area is 299 Å². The van der Waals surface area contributed by atoms with E-state index >= 15 is 0 Å². The quantitative estimate of drug-likeness (QED) is 0.172. The van der Waals surface area contributed by atoms with Crippen LogP contribution in [0.5, 0.6) is 0 Å². The largest absolute Gasteiger partial charge is 0.454 e. The van der Waals surface area contributed by atoms with E-state index in [0.29, 0.717) is 11.5 Å². The van der Waals surface area contributed by atoms with Crippen LogP contribution in [-0.2, 0) is 0 Å². The lowest BCUT2D eigenvalue weighted by atomic mass is 9.98. The first-order chi connectivity index (χ1) is 25.7. The first-order valence-corrected chi connectivity index (χ1v) is 17.2. The molecule has 0 radical (unpaired) electrons. The van der Waals surface area contributed by atoms with E-state index < -0.39 is 0 Å². The molecule has 0 bridgehead atoms. The van der Waals surface area contributed by atoms with Crippen LogP contribution in [0.2, 0.25) is 0 Å². The van der Waals surface area contributed by atoms with Gasteiger partial charge in [-0.25, -0.2) is 14.8 Å². The highest BCUT2D eigenvalue weighted by Gasteiger charge is 2.21. The van der Waals surface area contributed by atoms with E-state index in [0.717, 1.165) is 88.6 Å². The summed E-state index contributed by atoms with van der Waals surface area (Å²) in [5.41, 5.74) is 11.5. The lowest BCUT2D eigenvalue weighted by Gasteiger charge is -2.15. The number of fused-ring (bicyclic) bond motifs is 7. The number of para-hydroxylation sites is 3. The second-order valence-electron chi connectivity index (χ2n) is 12.9. The summed E-state index contributed by atoms with van der Waals surface area (Å²) in [5.74, 6) is 0.645. The summed E-state index contributed by atoms with van der Waals surface area (Å²) in [5, 5.41) is 4.39. The second-order valence-corrected chi connectivity index (χ2v) is 12.9. The zero-order valence-corrected chi connectivity index (χ0v) is 27.9. The van der Waals surface area contributed by atoms with Gasteiger partial charge in [-0.1, -0.05) is 127 Å². The van der Waals surface area contributed by atoms with Crippen LogP contribution in [-0.4, -0.2) is 14.5 Å². The number of hydrogen-bond acceptors (Lipinski definition) is 3. The lowest BCUT2D eigenvalue weighted by molar-refractivity contribution is 0.671. The average Bonchev–Trinajstić information content (AvgIpc) is 3.77. The Balaban J connectivity index is 1.31. The standard InChI is InChI=1S/C47H28N4O/c1-48-40-21-11-8-18-35(40)32-26-33(42-29-41(30-14-4-2-5-15-30)49-47(50-42)31-16-6-3-7-17-31)28-34(27-32)51-43-22-12-9-19-36(43)38-24-25-39-37-20-10-13-23-44(37)52-46(39)45(38)51/h2-29H. The summed E-state index contributed by atoms with van der Waals surface area (Å²) in [6, 6.07) is 57.8. The van der Waals surface area contributed by atoms with E-state index in [1.54, 1.807) is 0 Å². The second kappa shape index (κ2) is 11.9. The molecule has 52 heavy (non-hydrogen) atoms. The van der Waals surface area contributed by atoms with Crippen LogP contribution in [0.3, 0.4) is 0 Å². The van der Waals surface area contributed by atoms with Crippen LogP contribution >= 0.6 is 0 Å². The maximum Gasteiger partial charge on any atom is 0.194 e. The van der Waals surface area contributed by atoms with Gasteiger partial charge in [0.1, 0.15) is 5.58 Å². The Hall–Kier alpha value is -7.29. The van der Waals surface area contributed by atoms with Crippen molar-refractivity contribution in [2.45, 2.75) is 0 Å². The van der Waals surface area contributed by atoms with Crippen molar-refractivity contribution in [1.82, 2.24) is 14.5 Å². The number of rotatable bonds is 5. The monoisotopic (exact) mass is 664 g/mol. The topological polar surface area (TPSA) is 48.2 Å². The van der Waals surface area contributed by atoms with Gasteiger partial charge in [-0.3, -0.25) is 0 Å². The fourth-order valence-corrected chi connectivity index (χ4v) is 7.43. The number of aromatic nitrogens is 3. The normalized spacial score (nSPS) is 11.4. The Kier molecular flexibility index (Phi) is 6.80. The average molecular weight is 665 g/mol. The highest BCUT2D eigenvalue weighted by atomic mass is 16.3. The summed E-state index contributed by atoms with van der Waals surface area (Å²) < 4.78 is 8.98. The first-order valence-electron chi connectivity index (χ1n) is 17.2. The fraction of sp³-hybridized carbons (Fsp3) is 0. The molecule has 0 N–H and O–H groups in total. The van der Waals surface area contributed by atoms with Crippen LogP contribution in [0.1, 0.15) is 0 Å². The predicted octanol–water partition coefficient (Wildman–Crippen LogP) is 12.7. The molecule has 5 nitrogen and oxygen atoms in total. The molecule has 0 aliphatic heterocycles. The SMILES string of the molecule is [C-]#[N+]c1ccccc1-c1cc(-c2cc(-c3ccccc3)nc(-c3ccccc3)n2)cc(-n2c3ccccc3c3ccc4c5ccccc5oc4c32)c1. The number of hydrogen-bond donors (Lipinski definition) is 0. The van der Waals surface area contributed by atoms with Gasteiger partial charge in [-0.05, 0) is 53.6 Å². The molecule has 0 fully saturated rings. The number of nitrogens with zero attached hydrogens (tertiary/aromatic N) is 4. The van der Waals surface area contributed by atoms with E-state index in [1.807, 2.05) is 84.9 Å². The van der Waals surface area contributed by atoms with E-state index in [1.165, 1.54) is 0 Å². The molecule has 10 aromatic rings. The van der Waals surface area contributed by atoms with Gasteiger partial charge < -0.3 is 8.98 Å². The summed E-state index contributed by atoms with van der Waals surface area (Å²) >= 11 is 0. The molecule has 0 aliphatic carbocycles. The van der Waals surface area contributed by atoms with Gasteiger partial charge in [-0.15, -0.1) is 0 Å². The van der Waals surface area contributed by atoms with E-state index in [-0.39, 0.29) is 0 Å². The number of furan rings is 1. The van der Waals surface area contributed by atoms with Gasteiger partial charge >= 0.3 is 0 Å². The minimum Gasteiger partial charge on any atom is -0.454 e. The molecular formula is C47H28N4O. The van der Waals surface area contributed by atoms with Crippen molar-refractivity contribution in [1.29, 1.82) is 0 Å². The summed E-state index contributed by atoms with van der Waals surface area (Å²) in [6.45, 7) is 8.04. The third kappa shape index (κ3) is 4.78. The van der Waals surface area contributed by atoms with Crippen LogP contribution in [0.15, 0.2) is 174 Å². The molecule has 242 valence electrons.